The van der Waals surface area contributed by atoms with E-state index < -0.39 is 5.82 Å². The van der Waals surface area contributed by atoms with Gasteiger partial charge in [0.1, 0.15) is 17.1 Å². The summed E-state index contributed by atoms with van der Waals surface area (Å²) in [5, 5.41) is 0. The summed E-state index contributed by atoms with van der Waals surface area (Å²) >= 11 is 0. The fraction of sp³-hybridized carbons (Fsp3) is 0.133. The summed E-state index contributed by atoms with van der Waals surface area (Å²) in [5.41, 5.74) is 7.84. The Morgan fingerprint density at radius 3 is 2.75 bits per heavy atom. The molecule has 0 aliphatic heterocycles. The van der Waals surface area contributed by atoms with E-state index in [2.05, 4.69) is 4.98 Å². The molecule has 0 aliphatic carbocycles. The molecule has 0 bridgehead atoms. The van der Waals surface area contributed by atoms with Crippen LogP contribution in [0.1, 0.15) is 11.5 Å². The quantitative estimate of drug-likeness (QED) is 0.742. The third-order valence-electron chi connectivity index (χ3n) is 2.91. The van der Waals surface area contributed by atoms with Gasteiger partial charge in [-0.15, -0.1) is 0 Å². The van der Waals surface area contributed by atoms with E-state index in [0.717, 1.165) is 11.3 Å². The second-order valence-corrected chi connectivity index (χ2v) is 4.55. The van der Waals surface area contributed by atoms with Crippen molar-refractivity contribution in [3.63, 3.8) is 0 Å². The van der Waals surface area contributed by atoms with Crippen molar-refractivity contribution >= 4 is 16.8 Å². The molecule has 0 radical (unpaired) electrons. The van der Waals surface area contributed by atoms with Crippen molar-refractivity contribution in [3.05, 3.63) is 53.7 Å². The summed E-state index contributed by atoms with van der Waals surface area (Å²) in [4.78, 5) is 4.16. The average molecular weight is 272 g/mol. The topological polar surface area (TPSA) is 61.3 Å². The summed E-state index contributed by atoms with van der Waals surface area (Å²) in [6.07, 6.45) is 0. The lowest BCUT2D eigenvalue weighted by Crippen LogP contribution is -1.95. The zero-order valence-electron chi connectivity index (χ0n) is 10.9. The van der Waals surface area contributed by atoms with Gasteiger partial charge in [0.25, 0.3) is 0 Å². The van der Waals surface area contributed by atoms with Crippen molar-refractivity contribution in [2.75, 3.05) is 5.73 Å². The van der Waals surface area contributed by atoms with Crippen molar-refractivity contribution in [1.82, 2.24) is 4.98 Å². The predicted octanol–water partition coefficient (Wildman–Crippen LogP) is 3.44. The third-order valence-corrected chi connectivity index (χ3v) is 2.91. The number of hydrogen-bond donors (Lipinski definition) is 1. The Morgan fingerprint density at radius 2 is 2.00 bits per heavy atom. The highest BCUT2D eigenvalue weighted by molar-refractivity contribution is 5.84. The van der Waals surface area contributed by atoms with Crippen molar-refractivity contribution < 1.29 is 13.5 Å². The molecule has 2 aromatic carbocycles. The van der Waals surface area contributed by atoms with Crippen LogP contribution >= 0.6 is 0 Å². The molecule has 5 heteroatoms. The van der Waals surface area contributed by atoms with Crippen LogP contribution in [0.25, 0.3) is 11.1 Å². The molecule has 3 rings (SSSR count). The van der Waals surface area contributed by atoms with Crippen molar-refractivity contribution in [2.45, 2.75) is 13.5 Å². The number of nitrogens with two attached hydrogens (primary N) is 1. The number of rotatable bonds is 3. The standard InChI is InChI=1S/C15H13FN2O2/c1-9-2-4-11(5-3-9)19-8-14-18-13-7-10(16)6-12(17)15(13)20-14/h2-7H,8,17H2,1H3. The second kappa shape index (κ2) is 4.85. The first kappa shape index (κ1) is 12.5. The first-order valence-electron chi connectivity index (χ1n) is 6.16. The monoisotopic (exact) mass is 272 g/mol. The molecule has 0 saturated heterocycles. The Kier molecular flexibility index (Phi) is 3.02. The van der Waals surface area contributed by atoms with Gasteiger partial charge in [-0.2, -0.15) is 0 Å². The number of benzene rings is 2. The van der Waals surface area contributed by atoms with E-state index in [9.17, 15) is 4.39 Å². The van der Waals surface area contributed by atoms with Crippen LogP contribution in [-0.4, -0.2) is 4.98 Å². The van der Waals surface area contributed by atoms with Crippen LogP contribution in [-0.2, 0) is 6.61 Å². The number of nitrogen functional groups attached to an aromatic ring is 1. The van der Waals surface area contributed by atoms with Gasteiger partial charge in [-0.1, -0.05) is 17.7 Å². The largest absolute Gasteiger partial charge is 0.484 e. The highest BCUT2D eigenvalue weighted by atomic mass is 19.1. The molecule has 0 aliphatic rings. The number of anilines is 1. The summed E-state index contributed by atoms with van der Waals surface area (Å²) in [6.45, 7) is 2.17. The van der Waals surface area contributed by atoms with Crippen LogP contribution in [0, 0.1) is 12.7 Å². The van der Waals surface area contributed by atoms with Gasteiger partial charge in [-0.25, -0.2) is 9.37 Å². The second-order valence-electron chi connectivity index (χ2n) is 4.55. The van der Waals surface area contributed by atoms with Crippen molar-refractivity contribution in [1.29, 1.82) is 0 Å². The molecule has 20 heavy (non-hydrogen) atoms. The van der Waals surface area contributed by atoms with Gasteiger partial charge in [0.2, 0.25) is 5.89 Å². The molecule has 1 aromatic heterocycles. The number of aromatic nitrogens is 1. The van der Waals surface area contributed by atoms with E-state index in [-0.39, 0.29) is 12.3 Å². The minimum atomic E-state index is -0.436. The van der Waals surface area contributed by atoms with Crippen LogP contribution in [0.4, 0.5) is 10.1 Å². The molecule has 0 spiro atoms. The first-order valence-corrected chi connectivity index (χ1v) is 6.16. The summed E-state index contributed by atoms with van der Waals surface area (Å²) in [6, 6.07) is 10.1. The lowest BCUT2D eigenvalue weighted by Gasteiger charge is -2.03. The number of ether oxygens (including phenoxy) is 1. The molecule has 4 nitrogen and oxygen atoms in total. The van der Waals surface area contributed by atoms with E-state index in [1.54, 1.807) is 0 Å². The Balaban J connectivity index is 1.81. The van der Waals surface area contributed by atoms with E-state index in [1.165, 1.54) is 12.1 Å². The Morgan fingerprint density at radius 1 is 1.25 bits per heavy atom. The fourth-order valence-corrected chi connectivity index (χ4v) is 1.91. The lowest BCUT2D eigenvalue weighted by molar-refractivity contribution is 0.267. The molecule has 2 N–H and O–H groups in total. The van der Waals surface area contributed by atoms with Gasteiger partial charge in [-0.05, 0) is 19.1 Å². The van der Waals surface area contributed by atoms with Crippen LogP contribution in [0.2, 0.25) is 0 Å². The molecule has 1 heterocycles. The molecular formula is C15H13FN2O2. The molecule has 3 aromatic rings. The van der Waals surface area contributed by atoms with E-state index in [1.807, 2.05) is 31.2 Å². The molecule has 0 saturated carbocycles. The molecule has 102 valence electrons. The number of oxazole rings is 1. The maximum atomic E-state index is 13.2. The van der Waals surface area contributed by atoms with Crippen LogP contribution in [0.15, 0.2) is 40.8 Å². The summed E-state index contributed by atoms with van der Waals surface area (Å²) < 4.78 is 24.2. The highest BCUT2D eigenvalue weighted by Gasteiger charge is 2.11. The maximum Gasteiger partial charge on any atom is 0.233 e. The van der Waals surface area contributed by atoms with Crippen molar-refractivity contribution in [2.24, 2.45) is 0 Å². The molecule has 0 unspecified atom stereocenters. The smallest absolute Gasteiger partial charge is 0.233 e. The lowest BCUT2D eigenvalue weighted by atomic mass is 10.2. The summed E-state index contributed by atoms with van der Waals surface area (Å²) in [7, 11) is 0. The third kappa shape index (κ3) is 2.42. The number of nitrogens with zero attached hydrogens (tertiary/aromatic N) is 1. The minimum Gasteiger partial charge on any atom is -0.484 e. The molecule has 0 fully saturated rings. The zero-order chi connectivity index (χ0) is 14.1. The minimum absolute atomic E-state index is 0.165. The van der Waals surface area contributed by atoms with Crippen LogP contribution in [0.3, 0.4) is 0 Å². The molecular weight excluding hydrogens is 259 g/mol. The zero-order valence-corrected chi connectivity index (χ0v) is 10.9. The van der Waals surface area contributed by atoms with Crippen molar-refractivity contribution in [3.8, 4) is 5.75 Å². The fourth-order valence-electron chi connectivity index (χ4n) is 1.91. The Bertz CT molecular complexity index is 750. The Hall–Kier alpha value is -2.56. The van der Waals surface area contributed by atoms with E-state index in [4.69, 9.17) is 14.9 Å². The van der Waals surface area contributed by atoms with E-state index >= 15 is 0 Å². The SMILES string of the molecule is Cc1ccc(OCc2nc3cc(F)cc(N)c3o2)cc1. The normalized spacial score (nSPS) is 10.9. The van der Waals surface area contributed by atoms with Gasteiger partial charge in [-0.3, -0.25) is 0 Å². The first-order chi connectivity index (χ1) is 9.61. The van der Waals surface area contributed by atoms with Gasteiger partial charge in [0, 0.05) is 12.1 Å². The average Bonchev–Trinajstić information content (AvgIpc) is 2.81. The van der Waals surface area contributed by atoms with Gasteiger partial charge < -0.3 is 14.9 Å². The Labute approximate surface area is 115 Å². The van der Waals surface area contributed by atoms with Crippen LogP contribution in [0.5, 0.6) is 5.75 Å². The van der Waals surface area contributed by atoms with Crippen LogP contribution < -0.4 is 10.5 Å². The van der Waals surface area contributed by atoms with E-state index in [0.29, 0.717) is 17.0 Å². The summed E-state index contributed by atoms with van der Waals surface area (Å²) in [5.74, 6) is 0.643. The highest BCUT2D eigenvalue weighted by Crippen LogP contribution is 2.24. The van der Waals surface area contributed by atoms with Gasteiger partial charge in [0.05, 0.1) is 5.69 Å². The van der Waals surface area contributed by atoms with Gasteiger partial charge in [0.15, 0.2) is 12.2 Å². The number of hydrogen-bond acceptors (Lipinski definition) is 4. The maximum absolute atomic E-state index is 13.2. The molecule has 0 amide bonds. The predicted molar refractivity (Wildman–Crippen MR) is 73.9 cm³/mol. The van der Waals surface area contributed by atoms with Gasteiger partial charge >= 0.3 is 0 Å². The number of fused-ring (bicyclic) bond motifs is 1. The molecule has 0 atom stereocenters. The number of halogens is 1. The number of aryl methyl sites for hydroxylation is 1.